The second-order valence-corrected chi connectivity index (χ2v) is 8.78. The maximum Gasteiger partial charge on any atom is 0.240 e. The van der Waals surface area contributed by atoms with Crippen molar-refractivity contribution in [3.63, 3.8) is 0 Å². The Balaban J connectivity index is 2.11. The van der Waals surface area contributed by atoms with Crippen LogP contribution in [0.3, 0.4) is 0 Å². The van der Waals surface area contributed by atoms with Crippen molar-refractivity contribution in [1.82, 2.24) is 10.6 Å². The molecule has 12 heteroatoms. The maximum absolute atomic E-state index is 12.6. The van der Waals surface area contributed by atoms with Crippen LogP contribution in [0, 0.1) is 0 Å². The number of nitrogens with two attached hydrogens (primary N) is 3. The lowest BCUT2D eigenvalue weighted by Crippen LogP contribution is -2.49. The predicted molar refractivity (Wildman–Crippen MR) is 135 cm³/mol. The Labute approximate surface area is 214 Å². The van der Waals surface area contributed by atoms with E-state index < -0.39 is 36.0 Å². The van der Waals surface area contributed by atoms with Crippen LogP contribution < -0.4 is 37.3 Å². The van der Waals surface area contributed by atoms with E-state index in [0.717, 1.165) is 0 Å². The van der Waals surface area contributed by atoms with E-state index in [1.54, 1.807) is 36.4 Å². The number of aliphatic hydroxyl groups excluding tert-OH is 2. The van der Waals surface area contributed by atoms with Crippen LogP contribution in [0.1, 0.15) is 11.1 Å². The number of hydrogen-bond acceptors (Lipinski definition) is 9. The number of fused-ring (bicyclic) bond motifs is 5. The molecule has 10 N–H and O–H groups in total. The topological polar surface area (TPSA) is 212 Å². The summed E-state index contributed by atoms with van der Waals surface area (Å²) in [5.74, 6) is -0.915. The molecule has 3 rings (SSSR count). The zero-order chi connectivity index (χ0) is 26.9. The van der Waals surface area contributed by atoms with Gasteiger partial charge in [-0.2, -0.15) is 0 Å². The van der Waals surface area contributed by atoms with Gasteiger partial charge in [-0.15, -0.1) is 0 Å². The summed E-state index contributed by atoms with van der Waals surface area (Å²) in [6.45, 7) is -0.411. The third-order valence-electron chi connectivity index (χ3n) is 5.67. The second-order valence-electron chi connectivity index (χ2n) is 8.78. The maximum atomic E-state index is 12.6. The minimum Gasteiger partial charge on any atom is -0.491 e. The zero-order valence-electron chi connectivity index (χ0n) is 20.3. The molecule has 4 bridgehead atoms. The monoisotopic (exact) mass is 515 g/mol. The van der Waals surface area contributed by atoms with Gasteiger partial charge in [0.15, 0.2) is 0 Å². The molecule has 1 heterocycles. The molecule has 12 nitrogen and oxygen atoms in total. The van der Waals surface area contributed by atoms with Gasteiger partial charge in [0.25, 0.3) is 0 Å². The summed E-state index contributed by atoms with van der Waals surface area (Å²) < 4.78 is 11.6. The first-order chi connectivity index (χ1) is 17.7. The second kappa shape index (κ2) is 13.0. The van der Waals surface area contributed by atoms with Gasteiger partial charge in [0.05, 0.1) is 13.0 Å². The Morgan fingerprint density at radius 1 is 0.973 bits per heavy atom. The van der Waals surface area contributed by atoms with Crippen molar-refractivity contribution in [2.24, 2.45) is 17.2 Å². The van der Waals surface area contributed by atoms with E-state index >= 15 is 0 Å². The highest BCUT2D eigenvalue weighted by atomic mass is 16.5. The average molecular weight is 516 g/mol. The highest BCUT2D eigenvalue weighted by Gasteiger charge is 2.22. The number of rotatable bonds is 9. The standard InChI is InChI=1S/C25H33N5O7/c26-9-17(31)12-36-19-4-15-3-16(8-19)20-5-14(1-2-22(20)37-13-18(32)10-27)6-21(25(28)35)30-24(34)11-29-23(33)7-15/h1-5,8,17-18,21,31-32H,6-7,9-13,26-27H2,(H2,28,35)(H,29,33)(H,30,34). The van der Waals surface area contributed by atoms with Crippen LogP contribution in [0.25, 0.3) is 11.1 Å². The van der Waals surface area contributed by atoms with E-state index in [0.29, 0.717) is 33.8 Å². The Morgan fingerprint density at radius 3 is 2.35 bits per heavy atom. The van der Waals surface area contributed by atoms with Gasteiger partial charge in [-0.1, -0.05) is 12.1 Å². The Kier molecular flexibility index (Phi) is 9.80. The van der Waals surface area contributed by atoms with Crippen molar-refractivity contribution in [1.29, 1.82) is 0 Å². The summed E-state index contributed by atoms with van der Waals surface area (Å²) in [6, 6.07) is 9.32. The van der Waals surface area contributed by atoms with Crippen LogP contribution in [0.4, 0.5) is 0 Å². The van der Waals surface area contributed by atoms with Gasteiger partial charge in [0, 0.05) is 25.1 Å². The number of benzene rings is 2. The minimum atomic E-state index is -1.01. The van der Waals surface area contributed by atoms with Crippen LogP contribution in [0.5, 0.6) is 11.5 Å². The molecule has 0 fully saturated rings. The molecule has 1 aliphatic rings. The fourth-order valence-electron chi connectivity index (χ4n) is 3.70. The molecule has 0 saturated carbocycles. The van der Waals surface area contributed by atoms with Crippen molar-refractivity contribution in [2.45, 2.75) is 31.1 Å². The average Bonchev–Trinajstić information content (AvgIpc) is 2.88. The summed E-state index contributed by atoms with van der Waals surface area (Å²) in [7, 11) is 0. The summed E-state index contributed by atoms with van der Waals surface area (Å²) in [4.78, 5) is 36.9. The lowest BCUT2D eigenvalue weighted by atomic mass is 9.96. The summed E-state index contributed by atoms with van der Waals surface area (Å²) >= 11 is 0. The number of nitrogens with one attached hydrogen (secondary N) is 2. The molecule has 3 amide bonds. The van der Waals surface area contributed by atoms with E-state index in [2.05, 4.69) is 10.6 Å². The number of aliphatic hydroxyl groups is 2. The van der Waals surface area contributed by atoms with E-state index in [4.69, 9.17) is 26.7 Å². The van der Waals surface area contributed by atoms with Gasteiger partial charge in [-0.25, -0.2) is 0 Å². The van der Waals surface area contributed by atoms with Crippen LogP contribution in [0.2, 0.25) is 0 Å². The van der Waals surface area contributed by atoms with Crippen molar-refractivity contribution in [2.75, 3.05) is 32.8 Å². The SMILES string of the molecule is NCC(O)COc1cc2cc(c1)-c1cc(ccc1OCC(O)CN)CC(C(N)=O)NC(=O)CNC(=O)C2. The first-order valence-corrected chi connectivity index (χ1v) is 11.8. The molecule has 2 aromatic rings. The number of primary amides is 1. The van der Waals surface area contributed by atoms with Gasteiger partial charge >= 0.3 is 0 Å². The fraction of sp³-hybridized carbons (Fsp3) is 0.400. The van der Waals surface area contributed by atoms with Crippen molar-refractivity contribution in [3.05, 3.63) is 47.5 Å². The van der Waals surface area contributed by atoms with Crippen molar-refractivity contribution < 1.29 is 34.1 Å². The predicted octanol–water partition coefficient (Wildman–Crippen LogP) is -2.06. The number of ether oxygens (including phenoxy) is 2. The van der Waals surface area contributed by atoms with Crippen LogP contribution >= 0.6 is 0 Å². The third kappa shape index (κ3) is 8.15. The fourth-order valence-corrected chi connectivity index (χ4v) is 3.70. The molecule has 0 aliphatic carbocycles. The lowest BCUT2D eigenvalue weighted by molar-refractivity contribution is -0.128. The Bertz CT molecular complexity index is 1130. The molecule has 0 saturated heterocycles. The molecule has 3 atom stereocenters. The summed E-state index contributed by atoms with van der Waals surface area (Å²) in [5.41, 5.74) is 19.0. The lowest BCUT2D eigenvalue weighted by Gasteiger charge is -2.20. The summed E-state index contributed by atoms with van der Waals surface area (Å²) in [5, 5.41) is 24.8. The molecule has 1 aliphatic heterocycles. The Hall–Kier alpha value is -3.71. The molecule has 2 aromatic carbocycles. The van der Waals surface area contributed by atoms with E-state index in [-0.39, 0.29) is 45.7 Å². The van der Waals surface area contributed by atoms with Gasteiger partial charge in [-0.05, 0) is 41.0 Å². The van der Waals surface area contributed by atoms with Crippen molar-refractivity contribution >= 4 is 17.7 Å². The van der Waals surface area contributed by atoms with E-state index in [9.17, 15) is 24.6 Å². The van der Waals surface area contributed by atoms with Crippen molar-refractivity contribution in [3.8, 4) is 22.6 Å². The number of amides is 3. The molecular formula is C25H33N5O7. The minimum absolute atomic E-state index is 0.0134. The third-order valence-corrected chi connectivity index (χ3v) is 5.67. The van der Waals surface area contributed by atoms with E-state index in [1.807, 2.05) is 0 Å². The highest BCUT2D eigenvalue weighted by Crippen LogP contribution is 2.35. The largest absolute Gasteiger partial charge is 0.491 e. The van der Waals surface area contributed by atoms with Crippen LogP contribution in [-0.2, 0) is 27.2 Å². The molecule has 3 unspecified atom stereocenters. The molecular weight excluding hydrogens is 482 g/mol. The first-order valence-electron chi connectivity index (χ1n) is 11.8. The van der Waals surface area contributed by atoms with Gasteiger partial charge < -0.3 is 47.5 Å². The molecule has 37 heavy (non-hydrogen) atoms. The van der Waals surface area contributed by atoms with Gasteiger partial charge in [0.2, 0.25) is 17.7 Å². The molecule has 0 radical (unpaired) electrons. The zero-order valence-corrected chi connectivity index (χ0v) is 20.3. The Morgan fingerprint density at radius 2 is 1.68 bits per heavy atom. The van der Waals surface area contributed by atoms with Crippen LogP contribution in [-0.4, -0.2) is 79.0 Å². The molecule has 0 spiro atoms. The molecule has 200 valence electrons. The smallest absolute Gasteiger partial charge is 0.240 e. The van der Waals surface area contributed by atoms with Gasteiger partial charge in [0.1, 0.15) is 43.0 Å². The van der Waals surface area contributed by atoms with Crippen LogP contribution in [0.15, 0.2) is 36.4 Å². The highest BCUT2D eigenvalue weighted by molar-refractivity contribution is 5.90. The van der Waals surface area contributed by atoms with E-state index in [1.165, 1.54) is 0 Å². The number of carbonyl (C=O) groups excluding carboxylic acids is 3. The van der Waals surface area contributed by atoms with Gasteiger partial charge in [-0.3, -0.25) is 14.4 Å². The molecule has 0 aromatic heterocycles. The normalized spacial score (nSPS) is 17.6. The quantitative estimate of drug-likeness (QED) is 0.195. The number of carbonyl (C=O) groups is 3. The summed E-state index contributed by atoms with van der Waals surface area (Å²) in [6.07, 6.45) is -1.73. The number of hydrogen-bond donors (Lipinski definition) is 7. The first kappa shape index (κ1) is 27.9.